The first-order chi connectivity index (χ1) is 13.6. The van der Waals surface area contributed by atoms with E-state index in [9.17, 15) is 0 Å². The van der Waals surface area contributed by atoms with Gasteiger partial charge in [0.25, 0.3) is 0 Å². The van der Waals surface area contributed by atoms with E-state index in [-0.39, 0.29) is 0 Å². The molecule has 0 saturated carbocycles. The molecule has 0 unspecified atom stereocenters. The van der Waals surface area contributed by atoms with Crippen LogP contribution in [0.5, 0.6) is 5.75 Å². The molecule has 2 aromatic carbocycles. The highest BCUT2D eigenvalue weighted by Crippen LogP contribution is 2.23. The number of hydrogen-bond acceptors (Lipinski definition) is 4. The Hall–Kier alpha value is -3.34. The lowest BCUT2D eigenvalue weighted by Crippen LogP contribution is -2.01. The fraction of sp³-hybridized carbons (Fsp3) is 0.217. The van der Waals surface area contributed by atoms with Crippen molar-refractivity contribution < 1.29 is 9.15 Å². The molecule has 4 aromatic rings. The van der Waals surface area contributed by atoms with Gasteiger partial charge in [0, 0.05) is 11.8 Å². The second kappa shape index (κ2) is 7.72. The van der Waals surface area contributed by atoms with Crippen molar-refractivity contribution in [1.82, 2.24) is 14.8 Å². The molecule has 0 radical (unpaired) electrons. The summed E-state index contributed by atoms with van der Waals surface area (Å²) >= 11 is 0. The number of ether oxygens (including phenoxy) is 1. The summed E-state index contributed by atoms with van der Waals surface area (Å²) in [5.41, 5.74) is 5.23. The smallest absolute Gasteiger partial charge is 0.226 e. The lowest BCUT2D eigenvalue weighted by Gasteiger charge is -2.06. The molecule has 142 valence electrons. The number of benzene rings is 2. The Balaban J connectivity index is 1.39. The van der Waals surface area contributed by atoms with Gasteiger partial charge in [-0.15, -0.1) is 0 Å². The molecule has 5 heteroatoms. The van der Waals surface area contributed by atoms with Gasteiger partial charge < -0.3 is 9.15 Å². The number of aryl methyl sites for hydroxylation is 3. The summed E-state index contributed by atoms with van der Waals surface area (Å²) in [7, 11) is 0. The van der Waals surface area contributed by atoms with E-state index in [4.69, 9.17) is 9.15 Å². The van der Waals surface area contributed by atoms with Crippen LogP contribution in [0.3, 0.4) is 0 Å². The summed E-state index contributed by atoms with van der Waals surface area (Å²) in [6, 6.07) is 18.0. The molecule has 2 aromatic heterocycles. The largest absolute Gasteiger partial charge is 0.487 e. The van der Waals surface area contributed by atoms with Crippen LogP contribution in [0.2, 0.25) is 0 Å². The normalized spacial score (nSPS) is 11.0. The predicted molar refractivity (Wildman–Crippen MR) is 108 cm³/mol. The van der Waals surface area contributed by atoms with E-state index in [0.29, 0.717) is 12.5 Å². The minimum Gasteiger partial charge on any atom is -0.487 e. The molecule has 5 nitrogen and oxygen atoms in total. The molecule has 4 rings (SSSR count). The highest BCUT2D eigenvalue weighted by Gasteiger charge is 2.12. The molecule has 0 bridgehead atoms. The first-order valence-corrected chi connectivity index (χ1v) is 9.32. The van der Waals surface area contributed by atoms with Crippen LogP contribution in [0.1, 0.15) is 28.3 Å². The zero-order chi connectivity index (χ0) is 19.5. The van der Waals surface area contributed by atoms with Crippen molar-refractivity contribution in [2.24, 2.45) is 0 Å². The van der Waals surface area contributed by atoms with Crippen molar-refractivity contribution in [2.75, 3.05) is 0 Å². The van der Waals surface area contributed by atoms with Gasteiger partial charge in [-0.3, -0.25) is 4.68 Å². The SMILES string of the molecule is Cc1cn(Cc2ccc(OCc3nc(-c4ccccc4)oc3C)cc2)nc1C. The van der Waals surface area contributed by atoms with E-state index < -0.39 is 0 Å². The standard InChI is InChI=1S/C23H23N3O2/c1-16-13-26(25-17(16)2)14-19-9-11-21(12-10-19)27-15-22-18(3)28-23(24-22)20-7-5-4-6-8-20/h4-13H,14-15H2,1-3H3. The highest BCUT2D eigenvalue weighted by molar-refractivity contribution is 5.53. The van der Waals surface area contributed by atoms with Gasteiger partial charge in [0.1, 0.15) is 23.8 Å². The molecule has 0 spiro atoms. The van der Waals surface area contributed by atoms with E-state index in [1.165, 1.54) is 11.1 Å². The number of hydrogen-bond donors (Lipinski definition) is 0. The molecule has 0 amide bonds. The Bertz CT molecular complexity index is 1040. The quantitative estimate of drug-likeness (QED) is 0.472. The monoisotopic (exact) mass is 373 g/mol. The lowest BCUT2D eigenvalue weighted by atomic mass is 10.2. The molecule has 0 aliphatic heterocycles. The van der Waals surface area contributed by atoms with Gasteiger partial charge in [0.15, 0.2) is 0 Å². The van der Waals surface area contributed by atoms with Crippen molar-refractivity contribution in [1.29, 1.82) is 0 Å². The predicted octanol–water partition coefficient (Wildman–Crippen LogP) is 5.09. The van der Waals surface area contributed by atoms with E-state index in [1.807, 2.05) is 61.0 Å². The maximum absolute atomic E-state index is 5.91. The summed E-state index contributed by atoms with van der Waals surface area (Å²) in [6.45, 7) is 7.13. The minimum atomic E-state index is 0.374. The third-order valence-corrected chi connectivity index (χ3v) is 4.75. The fourth-order valence-corrected chi connectivity index (χ4v) is 2.99. The van der Waals surface area contributed by atoms with E-state index in [1.54, 1.807) is 0 Å². The Morgan fingerprint density at radius 3 is 2.39 bits per heavy atom. The molecule has 2 heterocycles. The van der Waals surface area contributed by atoms with Gasteiger partial charge in [-0.05, 0) is 56.2 Å². The van der Waals surface area contributed by atoms with Crippen LogP contribution in [0.4, 0.5) is 0 Å². The maximum Gasteiger partial charge on any atom is 0.226 e. The molecule has 0 fully saturated rings. The molecule has 28 heavy (non-hydrogen) atoms. The van der Waals surface area contributed by atoms with Crippen LogP contribution >= 0.6 is 0 Å². The van der Waals surface area contributed by atoms with Crippen molar-refractivity contribution in [3.63, 3.8) is 0 Å². The van der Waals surface area contributed by atoms with Gasteiger partial charge in [0.05, 0.1) is 12.2 Å². The second-order valence-electron chi connectivity index (χ2n) is 6.92. The van der Waals surface area contributed by atoms with E-state index in [2.05, 4.69) is 35.3 Å². The van der Waals surface area contributed by atoms with Crippen LogP contribution in [-0.4, -0.2) is 14.8 Å². The van der Waals surface area contributed by atoms with Gasteiger partial charge in [-0.2, -0.15) is 5.10 Å². The molecule has 0 saturated heterocycles. The Morgan fingerprint density at radius 2 is 1.71 bits per heavy atom. The van der Waals surface area contributed by atoms with E-state index in [0.717, 1.165) is 35.0 Å². The van der Waals surface area contributed by atoms with Crippen LogP contribution in [0, 0.1) is 20.8 Å². The molecular formula is C23H23N3O2. The number of nitrogens with zero attached hydrogens (tertiary/aromatic N) is 3. The zero-order valence-corrected chi connectivity index (χ0v) is 16.3. The summed E-state index contributed by atoms with van der Waals surface area (Å²) in [5.74, 6) is 2.21. The van der Waals surface area contributed by atoms with Crippen molar-refractivity contribution in [3.05, 3.63) is 89.1 Å². The van der Waals surface area contributed by atoms with Crippen molar-refractivity contribution in [2.45, 2.75) is 33.9 Å². The van der Waals surface area contributed by atoms with Gasteiger partial charge >= 0.3 is 0 Å². The average Bonchev–Trinajstić information content (AvgIpc) is 3.23. The van der Waals surface area contributed by atoms with Gasteiger partial charge in [0.2, 0.25) is 5.89 Å². The third kappa shape index (κ3) is 3.98. The minimum absolute atomic E-state index is 0.374. The highest BCUT2D eigenvalue weighted by atomic mass is 16.5. The van der Waals surface area contributed by atoms with Gasteiger partial charge in [-0.25, -0.2) is 4.98 Å². The Kier molecular flexibility index (Phi) is 4.98. The molecule has 0 N–H and O–H groups in total. The van der Waals surface area contributed by atoms with E-state index >= 15 is 0 Å². The fourth-order valence-electron chi connectivity index (χ4n) is 2.99. The topological polar surface area (TPSA) is 53.1 Å². The molecule has 0 aliphatic carbocycles. The average molecular weight is 373 g/mol. The first-order valence-electron chi connectivity index (χ1n) is 9.32. The Morgan fingerprint density at radius 1 is 0.964 bits per heavy atom. The molecular weight excluding hydrogens is 350 g/mol. The second-order valence-corrected chi connectivity index (χ2v) is 6.92. The molecule has 0 aliphatic rings. The van der Waals surface area contributed by atoms with Crippen LogP contribution in [0.25, 0.3) is 11.5 Å². The summed E-state index contributed by atoms with van der Waals surface area (Å²) in [5, 5.41) is 4.51. The van der Waals surface area contributed by atoms with Crippen LogP contribution in [0.15, 0.2) is 65.2 Å². The number of aromatic nitrogens is 3. The van der Waals surface area contributed by atoms with Crippen molar-refractivity contribution in [3.8, 4) is 17.2 Å². The number of oxazole rings is 1. The zero-order valence-electron chi connectivity index (χ0n) is 16.3. The van der Waals surface area contributed by atoms with Gasteiger partial charge in [-0.1, -0.05) is 30.3 Å². The molecule has 0 atom stereocenters. The lowest BCUT2D eigenvalue weighted by molar-refractivity contribution is 0.299. The number of rotatable bonds is 6. The van der Waals surface area contributed by atoms with Crippen LogP contribution < -0.4 is 4.74 Å². The van der Waals surface area contributed by atoms with Crippen molar-refractivity contribution >= 4 is 0 Å². The third-order valence-electron chi connectivity index (χ3n) is 4.75. The summed E-state index contributed by atoms with van der Waals surface area (Å²) in [6.07, 6.45) is 2.07. The first kappa shape index (κ1) is 18.0. The Labute approximate surface area is 164 Å². The summed E-state index contributed by atoms with van der Waals surface area (Å²) < 4.78 is 13.7. The summed E-state index contributed by atoms with van der Waals surface area (Å²) in [4.78, 5) is 4.58. The van der Waals surface area contributed by atoms with Crippen LogP contribution in [-0.2, 0) is 13.2 Å². The maximum atomic E-state index is 5.91.